The number of carbonyl (C=O) groups excluding carboxylic acids is 1. The number of aryl methyl sites for hydroxylation is 2. The van der Waals surface area contributed by atoms with Gasteiger partial charge in [0.2, 0.25) is 5.91 Å². The van der Waals surface area contributed by atoms with E-state index in [1.807, 2.05) is 13.8 Å². The highest BCUT2D eigenvalue weighted by Crippen LogP contribution is 2.26. The lowest BCUT2D eigenvalue weighted by Crippen LogP contribution is -2.47. The molecule has 0 unspecified atom stereocenters. The van der Waals surface area contributed by atoms with Crippen LogP contribution in [0.4, 0.5) is 15.8 Å². The molecule has 3 N–H and O–H groups in total. The third-order valence-electron chi connectivity index (χ3n) is 4.22. The standard InChI is InChI=1S/C16H20FN5O/c1-10-15(11(2)20-19-10)22-5-3-21(4-6-22)14-8-12(16(18)23)7-13(17)9-14/h7-9H,3-6H2,1-2H3,(H2,18,23)(H,19,20). The molecule has 2 aromatic rings. The molecule has 1 fully saturated rings. The summed E-state index contributed by atoms with van der Waals surface area (Å²) in [5, 5.41) is 7.23. The highest BCUT2D eigenvalue weighted by Gasteiger charge is 2.22. The molecule has 0 spiro atoms. The lowest BCUT2D eigenvalue weighted by molar-refractivity contribution is 0.1000. The Morgan fingerprint density at radius 2 is 1.83 bits per heavy atom. The number of H-pyrrole nitrogens is 1. The number of piperazine rings is 1. The van der Waals surface area contributed by atoms with Gasteiger partial charge in [-0.2, -0.15) is 5.10 Å². The second kappa shape index (κ2) is 5.91. The van der Waals surface area contributed by atoms with Crippen molar-refractivity contribution in [3.8, 4) is 0 Å². The largest absolute Gasteiger partial charge is 0.368 e. The number of hydrogen-bond acceptors (Lipinski definition) is 4. The fraction of sp³-hybridized carbons (Fsp3) is 0.375. The van der Waals surface area contributed by atoms with E-state index in [2.05, 4.69) is 20.0 Å². The zero-order valence-corrected chi connectivity index (χ0v) is 13.3. The topological polar surface area (TPSA) is 78.2 Å². The van der Waals surface area contributed by atoms with Gasteiger partial charge >= 0.3 is 0 Å². The summed E-state index contributed by atoms with van der Waals surface area (Å²) < 4.78 is 13.7. The normalized spacial score (nSPS) is 15.1. The first-order valence-electron chi connectivity index (χ1n) is 7.57. The zero-order chi connectivity index (χ0) is 16.6. The minimum atomic E-state index is -0.617. The van der Waals surface area contributed by atoms with Gasteiger partial charge in [0, 0.05) is 37.4 Å². The highest BCUT2D eigenvalue weighted by atomic mass is 19.1. The van der Waals surface area contributed by atoms with Crippen molar-refractivity contribution in [2.45, 2.75) is 13.8 Å². The summed E-state index contributed by atoms with van der Waals surface area (Å²) in [6.45, 7) is 7.09. The number of primary amides is 1. The summed E-state index contributed by atoms with van der Waals surface area (Å²) in [7, 11) is 0. The molecule has 23 heavy (non-hydrogen) atoms. The van der Waals surface area contributed by atoms with Crippen LogP contribution in [0.15, 0.2) is 18.2 Å². The monoisotopic (exact) mass is 317 g/mol. The van der Waals surface area contributed by atoms with Gasteiger partial charge in [-0.15, -0.1) is 0 Å². The van der Waals surface area contributed by atoms with E-state index in [0.29, 0.717) is 5.69 Å². The minimum Gasteiger partial charge on any atom is -0.368 e. The molecular formula is C16H20FN5O. The molecule has 7 heteroatoms. The number of nitrogens with zero attached hydrogens (tertiary/aromatic N) is 3. The highest BCUT2D eigenvalue weighted by molar-refractivity contribution is 5.93. The Hall–Kier alpha value is -2.57. The Bertz CT molecular complexity index is 715. The van der Waals surface area contributed by atoms with Crippen molar-refractivity contribution in [1.29, 1.82) is 0 Å². The van der Waals surface area contributed by atoms with E-state index in [0.717, 1.165) is 43.3 Å². The van der Waals surface area contributed by atoms with Crippen LogP contribution < -0.4 is 15.5 Å². The average Bonchev–Trinajstić information content (AvgIpc) is 2.86. The Kier molecular flexibility index (Phi) is 3.94. The Labute approximate surface area is 134 Å². The quantitative estimate of drug-likeness (QED) is 0.901. The fourth-order valence-corrected chi connectivity index (χ4v) is 3.10. The number of rotatable bonds is 3. The molecule has 1 aliphatic heterocycles. The summed E-state index contributed by atoms with van der Waals surface area (Å²) in [5.41, 5.74) is 9.33. The van der Waals surface area contributed by atoms with Gasteiger partial charge in [-0.05, 0) is 32.0 Å². The van der Waals surface area contributed by atoms with Gasteiger partial charge in [0.15, 0.2) is 0 Å². The van der Waals surface area contributed by atoms with E-state index in [1.165, 1.54) is 12.1 Å². The van der Waals surface area contributed by atoms with Gasteiger partial charge in [0.1, 0.15) is 5.82 Å². The SMILES string of the molecule is Cc1n[nH]c(C)c1N1CCN(c2cc(F)cc(C(N)=O)c2)CC1. The maximum atomic E-state index is 13.7. The number of carbonyl (C=O) groups is 1. The summed E-state index contributed by atoms with van der Waals surface area (Å²) in [6.07, 6.45) is 0. The van der Waals surface area contributed by atoms with Gasteiger partial charge in [-0.25, -0.2) is 4.39 Å². The van der Waals surface area contributed by atoms with Gasteiger partial charge in [-0.3, -0.25) is 9.89 Å². The molecule has 122 valence electrons. The van der Waals surface area contributed by atoms with Gasteiger partial charge in [0.05, 0.1) is 17.1 Å². The zero-order valence-electron chi connectivity index (χ0n) is 13.3. The second-order valence-electron chi connectivity index (χ2n) is 5.82. The number of nitrogens with two attached hydrogens (primary N) is 1. The smallest absolute Gasteiger partial charge is 0.248 e. The molecule has 1 saturated heterocycles. The number of aromatic amines is 1. The number of aromatic nitrogens is 2. The average molecular weight is 317 g/mol. The van der Waals surface area contributed by atoms with Gasteiger partial charge in [-0.1, -0.05) is 0 Å². The van der Waals surface area contributed by atoms with Crippen molar-refractivity contribution in [2.75, 3.05) is 36.0 Å². The fourth-order valence-electron chi connectivity index (χ4n) is 3.10. The second-order valence-corrected chi connectivity index (χ2v) is 5.82. The van der Waals surface area contributed by atoms with Gasteiger partial charge < -0.3 is 15.5 Å². The molecule has 1 aromatic heterocycles. The predicted molar refractivity (Wildman–Crippen MR) is 87.4 cm³/mol. The van der Waals surface area contributed by atoms with Crippen molar-refractivity contribution in [2.24, 2.45) is 5.73 Å². The molecule has 2 heterocycles. The predicted octanol–water partition coefficient (Wildman–Crippen LogP) is 1.59. The molecule has 0 bridgehead atoms. The van der Waals surface area contributed by atoms with Gasteiger partial charge in [0.25, 0.3) is 0 Å². The van der Waals surface area contributed by atoms with Crippen molar-refractivity contribution in [1.82, 2.24) is 10.2 Å². The van der Waals surface area contributed by atoms with Crippen LogP contribution in [-0.4, -0.2) is 42.3 Å². The first-order valence-corrected chi connectivity index (χ1v) is 7.57. The molecule has 1 amide bonds. The minimum absolute atomic E-state index is 0.198. The van der Waals surface area contributed by atoms with E-state index in [4.69, 9.17) is 5.73 Å². The lowest BCUT2D eigenvalue weighted by Gasteiger charge is -2.37. The third kappa shape index (κ3) is 2.99. The summed E-state index contributed by atoms with van der Waals surface area (Å²) in [5.74, 6) is -1.06. The van der Waals surface area contributed by atoms with Crippen LogP contribution >= 0.6 is 0 Å². The molecule has 1 aliphatic rings. The van der Waals surface area contributed by atoms with Crippen molar-refractivity contribution in [3.05, 3.63) is 41.0 Å². The molecule has 0 radical (unpaired) electrons. The molecule has 0 saturated carbocycles. The summed E-state index contributed by atoms with van der Waals surface area (Å²) >= 11 is 0. The number of benzene rings is 1. The maximum absolute atomic E-state index is 13.7. The van der Waals surface area contributed by atoms with Crippen LogP contribution in [-0.2, 0) is 0 Å². The molecule has 1 aromatic carbocycles. The molecule has 6 nitrogen and oxygen atoms in total. The van der Waals surface area contributed by atoms with Crippen LogP contribution in [0, 0.1) is 19.7 Å². The number of anilines is 2. The first kappa shape index (κ1) is 15.3. The number of hydrogen-bond donors (Lipinski definition) is 2. The van der Waals surface area contributed by atoms with E-state index in [-0.39, 0.29) is 5.56 Å². The van der Waals surface area contributed by atoms with E-state index in [9.17, 15) is 9.18 Å². The van der Waals surface area contributed by atoms with E-state index >= 15 is 0 Å². The third-order valence-corrected chi connectivity index (χ3v) is 4.22. The van der Waals surface area contributed by atoms with E-state index in [1.54, 1.807) is 6.07 Å². The number of nitrogens with one attached hydrogen (secondary N) is 1. The number of amides is 1. The van der Waals surface area contributed by atoms with Crippen molar-refractivity contribution < 1.29 is 9.18 Å². The maximum Gasteiger partial charge on any atom is 0.248 e. The van der Waals surface area contributed by atoms with Crippen LogP contribution in [0.3, 0.4) is 0 Å². The molecule has 0 aliphatic carbocycles. The van der Waals surface area contributed by atoms with Crippen molar-refractivity contribution in [3.63, 3.8) is 0 Å². The molecular weight excluding hydrogens is 297 g/mol. The Morgan fingerprint density at radius 1 is 1.17 bits per heavy atom. The van der Waals surface area contributed by atoms with Crippen molar-refractivity contribution >= 4 is 17.3 Å². The van der Waals surface area contributed by atoms with E-state index < -0.39 is 11.7 Å². The summed E-state index contributed by atoms with van der Waals surface area (Å²) in [6, 6.07) is 4.26. The lowest BCUT2D eigenvalue weighted by atomic mass is 10.1. The Morgan fingerprint density at radius 3 is 2.39 bits per heavy atom. The molecule has 0 atom stereocenters. The van der Waals surface area contributed by atoms with Crippen LogP contribution in [0.2, 0.25) is 0 Å². The number of halogens is 1. The van der Waals surface area contributed by atoms with Crippen LogP contribution in [0.1, 0.15) is 21.7 Å². The van der Waals surface area contributed by atoms with Crippen LogP contribution in [0.5, 0.6) is 0 Å². The van der Waals surface area contributed by atoms with Crippen LogP contribution in [0.25, 0.3) is 0 Å². The summed E-state index contributed by atoms with van der Waals surface area (Å²) in [4.78, 5) is 15.6. The molecule has 3 rings (SSSR count). The Balaban J connectivity index is 1.76. The first-order chi connectivity index (χ1) is 11.0.